The van der Waals surface area contributed by atoms with Crippen molar-refractivity contribution in [1.82, 2.24) is 4.98 Å². The van der Waals surface area contributed by atoms with E-state index in [4.69, 9.17) is 15.2 Å². The van der Waals surface area contributed by atoms with E-state index in [0.717, 1.165) is 5.39 Å². The van der Waals surface area contributed by atoms with Crippen molar-refractivity contribution in [3.63, 3.8) is 0 Å². The minimum absolute atomic E-state index is 0.124. The van der Waals surface area contributed by atoms with Gasteiger partial charge in [0.1, 0.15) is 0 Å². The molecular formula is C19H21N3O4S. The number of hydrogen-bond donors (Lipinski definition) is 1. The number of nitrogens with two attached hydrogens (primary N) is 1. The maximum atomic E-state index is 13.5. The van der Waals surface area contributed by atoms with Crippen LogP contribution in [0.4, 0.5) is 5.69 Å². The van der Waals surface area contributed by atoms with Crippen LogP contribution >= 0.6 is 0 Å². The van der Waals surface area contributed by atoms with Gasteiger partial charge in [0.2, 0.25) is 0 Å². The summed E-state index contributed by atoms with van der Waals surface area (Å²) in [7, 11) is -0.833. The van der Waals surface area contributed by atoms with E-state index in [1.807, 2.05) is 6.07 Å². The summed E-state index contributed by atoms with van der Waals surface area (Å²) < 4.78 is 38.8. The molecular weight excluding hydrogens is 366 g/mol. The van der Waals surface area contributed by atoms with Gasteiger partial charge < -0.3 is 15.2 Å². The molecule has 3 aromatic rings. The maximum Gasteiger partial charge on any atom is 0.264 e. The van der Waals surface area contributed by atoms with Gasteiger partial charge in [0, 0.05) is 42.3 Å². The maximum absolute atomic E-state index is 13.5. The van der Waals surface area contributed by atoms with E-state index in [0.29, 0.717) is 22.6 Å². The second-order valence-corrected chi connectivity index (χ2v) is 7.59. The minimum atomic E-state index is -3.86. The van der Waals surface area contributed by atoms with E-state index in [2.05, 4.69) is 4.98 Å². The molecule has 2 N–H and O–H groups in total. The number of sulfonamides is 1. The SMILES string of the molecule is COc1ccc(N(CCN)S(=O)(=O)c2cccc3cnccc23)cc1OC. The summed E-state index contributed by atoms with van der Waals surface area (Å²) in [6.45, 7) is 0.291. The Labute approximate surface area is 158 Å². The highest BCUT2D eigenvalue weighted by Crippen LogP contribution is 2.34. The molecule has 27 heavy (non-hydrogen) atoms. The Morgan fingerprint density at radius 1 is 1.07 bits per heavy atom. The number of methoxy groups -OCH3 is 2. The van der Waals surface area contributed by atoms with E-state index < -0.39 is 10.0 Å². The summed E-state index contributed by atoms with van der Waals surface area (Å²) in [6, 6.07) is 11.8. The number of pyridine rings is 1. The Morgan fingerprint density at radius 3 is 2.56 bits per heavy atom. The lowest BCUT2D eigenvalue weighted by molar-refractivity contribution is 0.355. The summed E-state index contributed by atoms with van der Waals surface area (Å²) in [6.07, 6.45) is 3.21. The molecule has 0 atom stereocenters. The number of anilines is 1. The zero-order valence-corrected chi connectivity index (χ0v) is 15.9. The number of benzene rings is 2. The van der Waals surface area contributed by atoms with Gasteiger partial charge in [-0.05, 0) is 24.3 Å². The number of hydrogen-bond acceptors (Lipinski definition) is 6. The fraction of sp³-hybridized carbons (Fsp3) is 0.211. The molecule has 0 bridgehead atoms. The summed E-state index contributed by atoms with van der Waals surface area (Å²) in [5.41, 5.74) is 6.16. The van der Waals surface area contributed by atoms with Crippen LogP contribution in [0.3, 0.4) is 0 Å². The number of ether oxygens (including phenoxy) is 2. The Hall–Kier alpha value is -2.84. The fourth-order valence-corrected chi connectivity index (χ4v) is 4.61. The first-order valence-corrected chi connectivity index (χ1v) is 9.74. The molecule has 0 saturated carbocycles. The van der Waals surface area contributed by atoms with Gasteiger partial charge in [-0.2, -0.15) is 0 Å². The summed E-state index contributed by atoms with van der Waals surface area (Å²) >= 11 is 0. The molecule has 3 rings (SSSR count). The van der Waals surface area contributed by atoms with Crippen LogP contribution in [0.25, 0.3) is 10.8 Å². The molecule has 142 valence electrons. The quantitative estimate of drug-likeness (QED) is 0.669. The minimum Gasteiger partial charge on any atom is -0.493 e. The lowest BCUT2D eigenvalue weighted by Crippen LogP contribution is -2.35. The van der Waals surface area contributed by atoms with E-state index in [1.165, 1.54) is 18.5 Å². The Balaban J connectivity index is 2.16. The van der Waals surface area contributed by atoms with Crippen molar-refractivity contribution in [2.24, 2.45) is 5.73 Å². The largest absolute Gasteiger partial charge is 0.493 e. The molecule has 1 aromatic heterocycles. The molecule has 7 nitrogen and oxygen atoms in total. The molecule has 0 spiro atoms. The lowest BCUT2D eigenvalue weighted by atomic mass is 10.2. The van der Waals surface area contributed by atoms with Crippen LogP contribution in [-0.4, -0.2) is 40.7 Å². The van der Waals surface area contributed by atoms with Gasteiger partial charge in [-0.25, -0.2) is 8.42 Å². The number of rotatable bonds is 7. The smallest absolute Gasteiger partial charge is 0.264 e. The third-order valence-corrected chi connectivity index (χ3v) is 6.08. The highest BCUT2D eigenvalue weighted by molar-refractivity contribution is 7.93. The second-order valence-electron chi connectivity index (χ2n) is 5.76. The molecule has 0 aliphatic heterocycles. The summed E-state index contributed by atoms with van der Waals surface area (Å²) in [4.78, 5) is 4.26. The van der Waals surface area contributed by atoms with Crippen LogP contribution in [0.2, 0.25) is 0 Å². The molecule has 0 aliphatic rings. The number of fused-ring (bicyclic) bond motifs is 1. The molecule has 1 heterocycles. The first-order chi connectivity index (χ1) is 13.0. The van der Waals surface area contributed by atoms with Crippen LogP contribution in [0.5, 0.6) is 11.5 Å². The topological polar surface area (TPSA) is 94.8 Å². The van der Waals surface area contributed by atoms with Gasteiger partial charge in [-0.15, -0.1) is 0 Å². The zero-order chi connectivity index (χ0) is 19.4. The zero-order valence-electron chi connectivity index (χ0n) is 15.1. The van der Waals surface area contributed by atoms with Gasteiger partial charge >= 0.3 is 0 Å². The predicted octanol–water partition coefficient (Wildman–Crippen LogP) is 2.41. The third kappa shape index (κ3) is 3.54. The first kappa shape index (κ1) is 18.9. The van der Waals surface area contributed by atoms with Crippen LogP contribution in [0, 0.1) is 0 Å². The van der Waals surface area contributed by atoms with Gasteiger partial charge in [-0.3, -0.25) is 9.29 Å². The summed E-state index contributed by atoms with van der Waals surface area (Å²) in [5, 5.41) is 1.36. The highest BCUT2D eigenvalue weighted by Gasteiger charge is 2.27. The Bertz CT molecular complexity index is 1050. The van der Waals surface area contributed by atoms with Gasteiger partial charge in [0.25, 0.3) is 10.0 Å². The molecule has 0 unspecified atom stereocenters. The molecule has 0 fully saturated rings. The lowest BCUT2D eigenvalue weighted by Gasteiger charge is -2.25. The monoisotopic (exact) mass is 387 g/mol. The fourth-order valence-electron chi connectivity index (χ4n) is 2.92. The van der Waals surface area contributed by atoms with Crippen molar-refractivity contribution in [1.29, 1.82) is 0 Å². The van der Waals surface area contributed by atoms with E-state index in [1.54, 1.807) is 48.8 Å². The van der Waals surface area contributed by atoms with E-state index >= 15 is 0 Å². The number of aromatic nitrogens is 1. The molecule has 0 radical (unpaired) electrons. The Kier molecular flexibility index (Phi) is 5.48. The molecule has 0 aliphatic carbocycles. The van der Waals surface area contributed by atoms with Gasteiger partial charge in [0.15, 0.2) is 11.5 Å². The van der Waals surface area contributed by atoms with Crippen LogP contribution in [0.15, 0.2) is 59.8 Å². The van der Waals surface area contributed by atoms with E-state index in [9.17, 15) is 8.42 Å². The van der Waals surface area contributed by atoms with Crippen LogP contribution in [0.1, 0.15) is 0 Å². The number of nitrogens with zero attached hydrogens (tertiary/aromatic N) is 2. The van der Waals surface area contributed by atoms with Crippen molar-refractivity contribution >= 4 is 26.5 Å². The standard InChI is InChI=1S/C19H21N3O4S/c1-25-17-7-6-15(12-18(17)26-2)22(11-9-20)27(23,24)19-5-3-4-14-13-21-10-8-16(14)19/h3-8,10,12-13H,9,11,20H2,1-2H3. The van der Waals surface area contributed by atoms with Crippen LogP contribution < -0.4 is 19.5 Å². The molecule has 8 heteroatoms. The first-order valence-electron chi connectivity index (χ1n) is 8.30. The van der Waals surface area contributed by atoms with Crippen molar-refractivity contribution < 1.29 is 17.9 Å². The Morgan fingerprint density at radius 2 is 1.85 bits per heavy atom. The molecule has 0 saturated heterocycles. The van der Waals surface area contributed by atoms with Gasteiger partial charge in [0.05, 0.1) is 24.8 Å². The normalized spacial score (nSPS) is 11.4. The molecule has 2 aromatic carbocycles. The average Bonchev–Trinajstić information content (AvgIpc) is 2.70. The van der Waals surface area contributed by atoms with Crippen molar-refractivity contribution in [3.05, 3.63) is 54.9 Å². The third-order valence-electron chi connectivity index (χ3n) is 4.20. The van der Waals surface area contributed by atoms with Gasteiger partial charge in [-0.1, -0.05) is 12.1 Å². The van der Waals surface area contributed by atoms with Crippen molar-refractivity contribution in [2.75, 3.05) is 31.6 Å². The van der Waals surface area contributed by atoms with Crippen molar-refractivity contribution in [3.8, 4) is 11.5 Å². The van der Waals surface area contributed by atoms with Crippen molar-refractivity contribution in [2.45, 2.75) is 4.90 Å². The van der Waals surface area contributed by atoms with E-state index in [-0.39, 0.29) is 18.0 Å². The molecule has 0 amide bonds. The average molecular weight is 387 g/mol. The van der Waals surface area contributed by atoms with Crippen LogP contribution in [-0.2, 0) is 10.0 Å². The second kappa shape index (κ2) is 7.81. The summed E-state index contributed by atoms with van der Waals surface area (Å²) in [5.74, 6) is 0.955. The highest BCUT2D eigenvalue weighted by atomic mass is 32.2. The predicted molar refractivity (Wildman–Crippen MR) is 105 cm³/mol.